The number of benzene rings is 1. The molecule has 6 heteroatoms. The van der Waals surface area contributed by atoms with Crippen molar-refractivity contribution in [3.63, 3.8) is 0 Å². The highest BCUT2D eigenvalue weighted by Gasteiger charge is 2.56. The number of methoxy groups -OCH3 is 1. The first-order chi connectivity index (χ1) is 13.7. The average Bonchev–Trinajstić information content (AvgIpc) is 2.77. The normalized spacial score (nSPS) is 28.3. The molecule has 156 valence electrons. The molecule has 2 heterocycles. The molecule has 1 aromatic rings. The van der Waals surface area contributed by atoms with E-state index in [1.807, 2.05) is 12.1 Å². The van der Waals surface area contributed by atoms with Crippen LogP contribution < -0.4 is 9.64 Å². The second-order valence-electron chi connectivity index (χ2n) is 8.52. The number of aliphatic hydroxyl groups excluding tert-OH is 2. The average molecular weight is 391 g/mol. The molecule has 4 rings (SSSR count). The highest BCUT2D eigenvalue weighted by molar-refractivity contribution is 5.49. The van der Waals surface area contributed by atoms with Crippen LogP contribution in [0.1, 0.15) is 32.1 Å². The summed E-state index contributed by atoms with van der Waals surface area (Å²) >= 11 is 0. The number of anilines is 1. The van der Waals surface area contributed by atoms with Gasteiger partial charge >= 0.3 is 0 Å². The lowest BCUT2D eigenvalue weighted by Crippen LogP contribution is -2.63. The van der Waals surface area contributed by atoms with Crippen molar-refractivity contribution in [3.05, 3.63) is 24.3 Å². The first-order valence-corrected chi connectivity index (χ1v) is 10.7. The van der Waals surface area contributed by atoms with Crippen LogP contribution in [-0.2, 0) is 4.74 Å². The molecule has 1 spiro atoms. The number of nitrogens with zero attached hydrogens (tertiary/aromatic N) is 2. The minimum atomic E-state index is -0.240. The van der Waals surface area contributed by atoms with E-state index in [4.69, 9.17) is 14.6 Å². The van der Waals surface area contributed by atoms with Crippen LogP contribution in [-0.4, -0.2) is 79.9 Å². The van der Waals surface area contributed by atoms with Gasteiger partial charge in [-0.1, -0.05) is 0 Å². The summed E-state index contributed by atoms with van der Waals surface area (Å²) in [4.78, 5) is 5.10. The van der Waals surface area contributed by atoms with Gasteiger partial charge < -0.3 is 29.5 Å². The van der Waals surface area contributed by atoms with Gasteiger partial charge in [0, 0.05) is 36.7 Å². The second-order valence-corrected chi connectivity index (χ2v) is 8.52. The summed E-state index contributed by atoms with van der Waals surface area (Å²) in [6.07, 6.45) is 4.98. The van der Waals surface area contributed by atoms with Crippen LogP contribution in [0.3, 0.4) is 0 Å². The molecule has 6 nitrogen and oxygen atoms in total. The Hall–Kier alpha value is -1.34. The number of hydrogen-bond acceptors (Lipinski definition) is 6. The van der Waals surface area contributed by atoms with Gasteiger partial charge in [0.25, 0.3) is 0 Å². The van der Waals surface area contributed by atoms with Gasteiger partial charge in [0.1, 0.15) is 5.75 Å². The molecule has 0 amide bonds. The Morgan fingerprint density at radius 2 is 1.75 bits per heavy atom. The van der Waals surface area contributed by atoms with Crippen LogP contribution in [0.4, 0.5) is 5.69 Å². The van der Waals surface area contributed by atoms with E-state index in [1.165, 1.54) is 18.5 Å². The Morgan fingerprint density at radius 3 is 2.32 bits per heavy atom. The van der Waals surface area contributed by atoms with Crippen LogP contribution >= 0.6 is 0 Å². The van der Waals surface area contributed by atoms with E-state index in [0.29, 0.717) is 12.6 Å². The molecule has 0 bridgehead atoms. The molecule has 2 N–H and O–H groups in total. The Morgan fingerprint density at radius 1 is 1.07 bits per heavy atom. The van der Waals surface area contributed by atoms with Gasteiger partial charge in [0.05, 0.1) is 32.5 Å². The zero-order chi connectivity index (χ0) is 19.6. The molecule has 1 aliphatic carbocycles. The molecule has 28 heavy (non-hydrogen) atoms. The molecule has 3 fully saturated rings. The molecule has 2 aliphatic heterocycles. The predicted molar refractivity (Wildman–Crippen MR) is 109 cm³/mol. The summed E-state index contributed by atoms with van der Waals surface area (Å²) in [5, 5.41) is 19.4. The number of piperidine rings is 2. The topological polar surface area (TPSA) is 65.4 Å². The second kappa shape index (κ2) is 8.57. The van der Waals surface area contributed by atoms with E-state index in [1.54, 1.807) is 7.11 Å². The molecular weight excluding hydrogens is 356 g/mol. The summed E-state index contributed by atoms with van der Waals surface area (Å²) in [5.74, 6) is 0.903. The van der Waals surface area contributed by atoms with Gasteiger partial charge in [-0.05, 0) is 63.0 Å². The Kier molecular flexibility index (Phi) is 6.11. The molecule has 2 saturated heterocycles. The summed E-state index contributed by atoms with van der Waals surface area (Å²) < 4.78 is 11.1. The molecule has 1 aromatic carbocycles. The van der Waals surface area contributed by atoms with Crippen molar-refractivity contribution < 1.29 is 19.7 Å². The zero-order valence-corrected chi connectivity index (χ0v) is 16.9. The Balaban J connectivity index is 1.27. The van der Waals surface area contributed by atoms with Gasteiger partial charge in [-0.2, -0.15) is 0 Å². The van der Waals surface area contributed by atoms with Gasteiger partial charge in [0.15, 0.2) is 0 Å². The molecule has 3 aliphatic rings. The van der Waals surface area contributed by atoms with Crippen LogP contribution in [0.2, 0.25) is 0 Å². The number of hydrogen-bond donors (Lipinski definition) is 2. The lowest BCUT2D eigenvalue weighted by molar-refractivity contribution is -0.215. The maximum Gasteiger partial charge on any atom is 0.119 e. The molecule has 0 aromatic heterocycles. The highest BCUT2D eigenvalue weighted by Crippen LogP contribution is 2.51. The van der Waals surface area contributed by atoms with Crippen LogP contribution in [0.5, 0.6) is 5.75 Å². The number of likely N-dealkylation sites (tertiary alicyclic amines) is 1. The Labute approximate surface area is 168 Å². The third-order valence-corrected chi connectivity index (χ3v) is 7.30. The van der Waals surface area contributed by atoms with Crippen molar-refractivity contribution in [2.24, 2.45) is 5.41 Å². The zero-order valence-electron chi connectivity index (χ0n) is 16.9. The first kappa shape index (κ1) is 20.0. The monoisotopic (exact) mass is 390 g/mol. The largest absolute Gasteiger partial charge is 0.497 e. The van der Waals surface area contributed by atoms with Crippen LogP contribution in [0.15, 0.2) is 24.3 Å². The van der Waals surface area contributed by atoms with Crippen LogP contribution in [0.25, 0.3) is 0 Å². The number of aliphatic hydroxyl groups is 2. The van der Waals surface area contributed by atoms with Gasteiger partial charge in [-0.25, -0.2) is 0 Å². The maximum absolute atomic E-state index is 10.4. The van der Waals surface area contributed by atoms with Gasteiger partial charge in [-0.3, -0.25) is 0 Å². The summed E-state index contributed by atoms with van der Waals surface area (Å²) in [6, 6.07) is 9.00. The van der Waals surface area contributed by atoms with Crippen molar-refractivity contribution in [1.29, 1.82) is 0 Å². The fourth-order valence-electron chi connectivity index (χ4n) is 5.40. The van der Waals surface area contributed by atoms with Crippen molar-refractivity contribution in [2.45, 2.75) is 50.4 Å². The fraction of sp³-hybridized carbons (Fsp3) is 0.727. The predicted octanol–water partition coefficient (Wildman–Crippen LogP) is 1.89. The molecule has 0 radical (unpaired) electrons. The molecule has 1 saturated carbocycles. The van der Waals surface area contributed by atoms with E-state index in [0.717, 1.165) is 51.2 Å². The van der Waals surface area contributed by atoms with E-state index < -0.39 is 0 Å². The summed E-state index contributed by atoms with van der Waals surface area (Å²) in [7, 11) is 1.70. The molecule has 2 atom stereocenters. The van der Waals surface area contributed by atoms with E-state index >= 15 is 0 Å². The van der Waals surface area contributed by atoms with Crippen molar-refractivity contribution in [2.75, 3.05) is 51.4 Å². The standard InChI is InChI=1S/C22H34N2O4/c1-27-19-4-2-17(3-5-19)23-10-6-18(7-11-23)24-12-8-22(9-13-24)20(26)16-21(22)28-15-14-25/h2-5,18,20-21,25-26H,6-16H2,1H3/t20-,21+/m0/s1. The van der Waals surface area contributed by atoms with Crippen molar-refractivity contribution >= 4 is 5.69 Å². The SMILES string of the molecule is COc1ccc(N2CCC(N3CCC4(CC3)[C@@H](O)C[C@H]4OCCO)CC2)cc1. The Bertz CT molecular complexity index is 622. The molecular formula is C22H34N2O4. The third-order valence-electron chi connectivity index (χ3n) is 7.30. The van der Waals surface area contributed by atoms with Gasteiger partial charge in [0.2, 0.25) is 0 Å². The summed E-state index contributed by atoms with van der Waals surface area (Å²) in [6.45, 7) is 4.70. The lowest BCUT2D eigenvalue weighted by atomic mass is 9.58. The smallest absolute Gasteiger partial charge is 0.119 e. The molecule has 0 unspecified atom stereocenters. The maximum atomic E-state index is 10.4. The minimum Gasteiger partial charge on any atom is -0.497 e. The minimum absolute atomic E-state index is 0.0571. The first-order valence-electron chi connectivity index (χ1n) is 10.7. The van der Waals surface area contributed by atoms with E-state index in [9.17, 15) is 5.11 Å². The number of rotatable bonds is 6. The fourth-order valence-corrected chi connectivity index (χ4v) is 5.40. The van der Waals surface area contributed by atoms with E-state index in [2.05, 4.69) is 21.9 Å². The van der Waals surface area contributed by atoms with E-state index in [-0.39, 0.29) is 24.2 Å². The number of ether oxygens (including phenoxy) is 2. The van der Waals surface area contributed by atoms with Crippen molar-refractivity contribution in [3.8, 4) is 5.75 Å². The van der Waals surface area contributed by atoms with Crippen molar-refractivity contribution in [1.82, 2.24) is 4.90 Å². The quantitative estimate of drug-likeness (QED) is 0.773. The van der Waals surface area contributed by atoms with Gasteiger partial charge in [-0.15, -0.1) is 0 Å². The highest BCUT2D eigenvalue weighted by atomic mass is 16.5. The third kappa shape index (κ3) is 3.75. The summed E-state index contributed by atoms with van der Waals surface area (Å²) in [5.41, 5.74) is 1.20. The van der Waals surface area contributed by atoms with Crippen LogP contribution in [0, 0.1) is 5.41 Å². The lowest BCUT2D eigenvalue weighted by Gasteiger charge is -2.57.